The highest BCUT2D eigenvalue weighted by Crippen LogP contribution is 2.23. The molecule has 0 aliphatic rings. The van der Waals surface area contributed by atoms with Crippen LogP contribution < -0.4 is 11.3 Å². The van der Waals surface area contributed by atoms with E-state index in [0.29, 0.717) is 0 Å². The quantitative estimate of drug-likeness (QED) is 0.786. The second-order valence-electron chi connectivity index (χ2n) is 4.52. The molecular weight excluding hydrogens is 282 g/mol. The molecule has 0 amide bonds. The molecule has 0 unspecified atom stereocenters. The highest BCUT2D eigenvalue weighted by Gasteiger charge is 2.41. The van der Waals surface area contributed by atoms with Gasteiger partial charge in [0.15, 0.2) is 0 Å². The van der Waals surface area contributed by atoms with Gasteiger partial charge in [0.25, 0.3) is 5.56 Å². The Labute approximate surface area is 112 Å². The average molecular weight is 297 g/mol. The lowest BCUT2D eigenvalue weighted by atomic mass is 10.1. The van der Waals surface area contributed by atoms with Crippen LogP contribution in [0, 0.1) is 0 Å². The van der Waals surface area contributed by atoms with Crippen molar-refractivity contribution in [3.05, 3.63) is 21.7 Å². The first kappa shape index (κ1) is 16.4. The molecule has 114 valence electrons. The minimum atomic E-state index is -4.25. The van der Waals surface area contributed by atoms with Crippen LogP contribution in [0.2, 0.25) is 0 Å². The lowest BCUT2D eigenvalue weighted by Crippen LogP contribution is -2.32. The number of hydrogen-bond acceptors (Lipinski definition) is 4. The van der Waals surface area contributed by atoms with Crippen molar-refractivity contribution in [1.82, 2.24) is 9.97 Å². The number of nitrogen functional groups attached to an aromatic ring is 1. The molecule has 20 heavy (non-hydrogen) atoms. The zero-order valence-corrected chi connectivity index (χ0v) is 10.9. The number of aromatic amines is 1. The number of nitrogens with two attached hydrogens (primary N) is 1. The zero-order chi connectivity index (χ0) is 15.5. The Hall–Kier alpha value is -1.64. The molecule has 1 aromatic heterocycles. The largest absolute Gasteiger partial charge is 0.383 e. The topological polar surface area (TPSA) is 81.0 Å². The normalized spacial score (nSPS) is 12.4. The number of aromatic nitrogens is 2. The summed E-state index contributed by atoms with van der Waals surface area (Å²) in [6.45, 7) is 1.46. The summed E-state index contributed by atoms with van der Waals surface area (Å²) in [5, 5.41) is 0. The Balaban J connectivity index is 2.74. The molecule has 1 aromatic rings. The van der Waals surface area contributed by atoms with Crippen molar-refractivity contribution in [3.63, 3.8) is 0 Å². The van der Waals surface area contributed by atoms with E-state index in [9.17, 15) is 22.4 Å². The molecule has 0 radical (unpaired) electrons. The smallest absolute Gasteiger partial charge is 0.330 e. The van der Waals surface area contributed by atoms with Crippen LogP contribution >= 0.6 is 0 Å². The fourth-order valence-electron chi connectivity index (χ4n) is 1.52. The van der Waals surface area contributed by atoms with Crippen LogP contribution in [-0.4, -0.2) is 28.9 Å². The lowest BCUT2D eigenvalue weighted by Gasteiger charge is -2.15. The Morgan fingerprint density at radius 3 is 2.45 bits per heavy atom. The number of H-pyrrole nitrogens is 1. The number of ether oxygens (including phenoxy) is 1. The summed E-state index contributed by atoms with van der Waals surface area (Å²) >= 11 is 0. The maximum Gasteiger partial charge on any atom is 0.330 e. The summed E-state index contributed by atoms with van der Waals surface area (Å²) in [6, 6.07) is 0. The predicted molar refractivity (Wildman–Crippen MR) is 64.0 cm³/mol. The summed E-state index contributed by atoms with van der Waals surface area (Å²) in [4.78, 5) is 17.8. The fraction of sp³-hybridized carbons (Fsp3) is 0.636. The van der Waals surface area contributed by atoms with Gasteiger partial charge in [0.2, 0.25) is 0 Å². The minimum Gasteiger partial charge on any atom is -0.383 e. The first-order chi connectivity index (χ1) is 9.15. The van der Waals surface area contributed by atoms with E-state index in [4.69, 9.17) is 5.73 Å². The van der Waals surface area contributed by atoms with Crippen LogP contribution in [0.15, 0.2) is 4.79 Å². The average Bonchev–Trinajstić information content (AvgIpc) is 2.26. The third-order valence-corrected chi connectivity index (χ3v) is 2.46. The molecule has 1 heterocycles. The molecular formula is C11H15F4N3O2. The van der Waals surface area contributed by atoms with Gasteiger partial charge in [0.1, 0.15) is 24.9 Å². The van der Waals surface area contributed by atoms with Crippen molar-refractivity contribution in [2.24, 2.45) is 0 Å². The maximum atomic E-state index is 12.6. The van der Waals surface area contributed by atoms with Gasteiger partial charge in [-0.15, -0.1) is 0 Å². The van der Waals surface area contributed by atoms with Gasteiger partial charge in [-0.2, -0.15) is 8.78 Å². The van der Waals surface area contributed by atoms with Crippen LogP contribution in [0.25, 0.3) is 0 Å². The van der Waals surface area contributed by atoms with Gasteiger partial charge in [-0.1, -0.05) is 13.8 Å². The van der Waals surface area contributed by atoms with Gasteiger partial charge in [-0.3, -0.25) is 4.79 Å². The molecule has 3 N–H and O–H groups in total. The van der Waals surface area contributed by atoms with E-state index in [1.54, 1.807) is 13.8 Å². The van der Waals surface area contributed by atoms with Crippen molar-refractivity contribution in [3.8, 4) is 0 Å². The molecule has 5 nitrogen and oxygen atoms in total. The van der Waals surface area contributed by atoms with Crippen molar-refractivity contribution < 1.29 is 22.3 Å². The second-order valence-corrected chi connectivity index (χ2v) is 4.52. The molecule has 0 atom stereocenters. The van der Waals surface area contributed by atoms with E-state index in [1.807, 2.05) is 0 Å². The van der Waals surface area contributed by atoms with E-state index in [-0.39, 0.29) is 23.1 Å². The van der Waals surface area contributed by atoms with Crippen molar-refractivity contribution in [2.45, 2.75) is 38.7 Å². The monoisotopic (exact) mass is 297 g/mol. The summed E-state index contributed by atoms with van der Waals surface area (Å²) in [5.41, 5.74) is 5.34. The number of hydrogen-bond donors (Lipinski definition) is 2. The maximum absolute atomic E-state index is 12.6. The SMILES string of the molecule is CC(C)c1c(N)nc(COCC(F)(F)C(F)F)[nH]c1=O. The van der Waals surface area contributed by atoms with E-state index in [0.717, 1.165) is 0 Å². The standard InChI is InChI=1S/C11H15F4N3O2/c1-5(2)7-8(16)17-6(18-9(7)19)3-20-4-11(14,15)10(12)13/h5,10H,3-4H2,1-2H3,(H3,16,17,18,19). The predicted octanol–water partition coefficient (Wildman–Crippen LogP) is 1.89. The second kappa shape index (κ2) is 6.21. The molecule has 0 saturated carbocycles. The highest BCUT2D eigenvalue weighted by atomic mass is 19.3. The summed E-state index contributed by atoms with van der Waals surface area (Å²) < 4.78 is 53.4. The van der Waals surface area contributed by atoms with E-state index in [2.05, 4.69) is 14.7 Å². The molecule has 0 saturated heterocycles. The van der Waals surface area contributed by atoms with Gasteiger partial charge < -0.3 is 15.5 Å². The third kappa shape index (κ3) is 3.92. The van der Waals surface area contributed by atoms with Crippen LogP contribution in [0.3, 0.4) is 0 Å². The Morgan fingerprint density at radius 2 is 2.00 bits per heavy atom. The Kier molecular flexibility index (Phi) is 5.09. The van der Waals surface area contributed by atoms with Gasteiger partial charge in [-0.25, -0.2) is 13.8 Å². The van der Waals surface area contributed by atoms with Crippen LogP contribution in [0.4, 0.5) is 23.4 Å². The number of nitrogens with zero attached hydrogens (tertiary/aromatic N) is 1. The van der Waals surface area contributed by atoms with Crippen molar-refractivity contribution >= 4 is 5.82 Å². The summed E-state index contributed by atoms with van der Waals surface area (Å²) in [7, 11) is 0. The first-order valence-corrected chi connectivity index (χ1v) is 5.77. The van der Waals surface area contributed by atoms with E-state index in [1.165, 1.54) is 0 Å². The number of halogens is 4. The van der Waals surface area contributed by atoms with Gasteiger partial charge in [0.05, 0.1) is 5.56 Å². The number of nitrogens with one attached hydrogen (secondary N) is 1. The molecule has 0 aliphatic heterocycles. The van der Waals surface area contributed by atoms with E-state index < -0.39 is 31.1 Å². The minimum absolute atomic E-state index is 0.0389. The lowest BCUT2D eigenvalue weighted by molar-refractivity contribution is -0.168. The van der Waals surface area contributed by atoms with Gasteiger partial charge in [-0.05, 0) is 5.92 Å². The van der Waals surface area contributed by atoms with Crippen molar-refractivity contribution in [1.29, 1.82) is 0 Å². The zero-order valence-electron chi connectivity index (χ0n) is 10.9. The van der Waals surface area contributed by atoms with Crippen LogP contribution in [0.5, 0.6) is 0 Å². The van der Waals surface area contributed by atoms with Crippen LogP contribution in [-0.2, 0) is 11.3 Å². The summed E-state index contributed by atoms with van der Waals surface area (Å²) in [6.07, 6.45) is -3.82. The molecule has 0 fully saturated rings. The molecule has 0 spiro atoms. The Morgan fingerprint density at radius 1 is 1.40 bits per heavy atom. The highest BCUT2D eigenvalue weighted by molar-refractivity contribution is 5.39. The Bertz CT molecular complexity index is 517. The summed E-state index contributed by atoms with van der Waals surface area (Å²) in [5.74, 6) is -4.54. The van der Waals surface area contributed by atoms with Crippen molar-refractivity contribution in [2.75, 3.05) is 12.3 Å². The number of anilines is 1. The van der Waals surface area contributed by atoms with E-state index >= 15 is 0 Å². The van der Waals surface area contributed by atoms with Gasteiger partial charge in [0, 0.05) is 0 Å². The molecule has 0 aliphatic carbocycles. The molecule has 9 heteroatoms. The molecule has 0 aromatic carbocycles. The van der Waals surface area contributed by atoms with Crippen LogP contribution in [0.1, 0.15) is 31.2 Å². The molecule has 0 bridgehead atoms. The third-order valence-electron chi connectivity index (χ3n) is 2.46. The fourth-order valence-corrected chi connectivity index (χ4v) is 1.52. The first-order valence-electron chi connectivity index (χ1n) is 5.77. The van der Waals surface area contributed by atoms with Gasteiger partial charge >= 0.3 is 12.3 Å². The number of alkyl halides is 4. The number of rotatable bonds is 6. The molecule has 1 rings (SSSR count).